The number of para-hydroxylation sites is 2. The maximum atomic E-state index is 5.87. The van der Waals surface area contributed by atoms with E-state index < -0.39 is 0 Å². The third kappa shape index (κ3) is 7.92. The van der Waals surface area contributed by atoms with Gasteiger partial charge in [0.15, 0.2) is 17.5 Å². The number of halogens is 1. The second kappa shape index (κ2) is 12.4. The van der Waals surface area contributed by atoms with E-state index in [9.17, 15) is 0 Å². The summed E-state index contributed by atoms with van der Waals surface area (Å²) in [7, 11) is 1.72. The molecule has 3 aromatic rings. The molecule has 0 aliphatic heterocycles. The number of guanidine groups is 1. The van der Waals surface area contributed by atoms with Gasteiger partial charge in [0.1, 0.15) is 5.76 Å². The van der Waals surface area contributed by atoms with Crippen molar-refractivity contribution in [2.75, 3.05) is 13.7 Å². The van der Waals surface area contributed by atoms with Crippen LogP contribution in [0.5, 0.6) is 17.4 Å². The number of aromatic nitrogens is 2. The third-order valence-electron chi connectivity index (χ3n) is 4.54. The molecule has 178 valence electrons. The van der Waals surface area contributed by atoms with E-state index in [1.165, 1.54) is 0 Å². The van der Waals surface area contributed by atoms with Gasteiger partial charge in [-0.25, -0.2) is 9.97 Å². The van der Waals surface area contributed by atoms with Gasteiger partial charge in [-0.3, -0.25) is 4.99 Å². The minimum Gasteiger partial charge on any atom is -0.490 e. The molecular weight excluding hydrogens is 533 g/mol. The van der Waals surface area contributed by atoms with E-state index >= 15 is 0 Å². The van der Waals surface area contributed by atoms with Gasteiger partial charge in [0.2, 0.25) is 11.8 Å². The molecule has 0 radical (unpaired) electrons. The molecule has 0 saturated carbocycles. The van der Waals surface area contributed by atoms with E-state index in [1.807, 2.05) is 43.3 Å². The van der Waals surface area contributed by atoms with Crippen LogP contribution in [0.3, 0.4) is 0 Å². The van der Waals surface area contributed by atoms with Crippen LogP contribution in [0.15, 0.2) is 58.2 Å². The normalized spacial score (nSPS) is 11.5. The van der Waals surface area contributed by atoms with Crippen LogP contribution < -0.4 is 20.1 Å². The Labute approximate surface area is 212 Å². The fourth-order valence-corrected chi connectivity index (χ4v) is 2.80. The van der Waals surface area contributed by atoms with Crippen LogP contribution in [-0.4, -0.2) is 29.6 Å². The number of benzene rings is 1. The Bertz CT molecular complexity index is 1030. The highest BCUT2D eigenvalue weighted by atomic mass is 127. The van der Waals surface area contributed by atoms with Gasteiger partial charge < -0.3 is 24.5 Å². The average molecular weight is 565 g/mol. The van der Waals surface area contributed by atoms with E-state index in [1.54, 1.807) is 19.4 Å². The Kier molecular flexibility index (Phi) is 9.95. The lowest BCUT2D eigenvalue weighted by molar-refractivity contribution is 0.319. The SMILES string of the molecule is CCOc1ccccc1Oc1ccc(CNC(=NC)NCc2ncc(C(C)(C)C)o2)cn1.I. The number of pyridine rings is 1. The molecule has 0 atom stereocenters. The maximum Gasteiger partial charge on any atom is 0.219 e. The molecule has 9 heteroatoms. The summed E-state index contributed by atoms with van der Waals surface area (Å²) in [5.74, 6) is 3.95. The van der Waals surface area contributed by atoms with Crippen molar-refractivity contribution in [3.05, 3.63) is 66.0 Å². The van der Waals surface area contributed by atoms with Crippen LogP contribution in [0.1, 0.15) is 44.9 Å². The zero-order valence-corrected chi connectivity index (χ0v) is 22.0. The summed E-state index contributed by atoms with van der Waals surface area (Å²) in [6.07, 6.45) is 3.54. The van der Waals surface area contributed by atoms with Crippen LogP contribution >= 0.6 is 24.0 Å². The summed E-state index contributed by atoms with van der Waals surface area (Å²) in [6, 6.07) is 11.3. The van der Waals surface area contributed by atoms with Crippen LogP contribution in [0.2, 0.25) is 0 Å². The molecule has 2 heterocycles. The van der Waals surface area contributed by atoms with E-state index in [0.717, 1.165) is 11.3 Å². The first-order valence-electron chi connectivity index (χ1n) is 10.6. The molecule has 2 aromatic heterocycles. The van der Waals surface area contributed by atoms with E-state index in [0.29, 0.717) is 48.9 Å². The van der Waals surface area contributed by atoms with Crippen molar-refractivity contribution in [1.29, 1.82) is 0 Å². The van der Waals surface area contributed by atoms with Crippen molar-refractivity contribution in [1.82, 2.24) is 20.6 Å². The highest BCUT2D eigenvalue weighted by Gasteiger charge is 2.19. The first-order valence-corrected chi connectivity index (χ1v) is 10.6. The summed E-state index contributed by atoms with van der Waals surface area (Å²) in [4.78, 5) is 13.0. The smallest absolute Gasteiger partial charge is 0.219 e. The zero-order chi connectivity index (χ0) is 23.0. The molecule has 0 spiro atoms. The summed E-state index contributed by atoms with van der Waals surface area (Å²) >= 11 is 0. The van der Waals surface area contributed by atoms with Crippen molar-refractivity contribution in [3.8, 4) is 17.4 Å². The summed E-state index contributed by atoms with van der Waals surface area (Å²) in [5, 5.41) is 6.46. The number of nitrogens with one attached hydrogen (secondary N) is 2. The lowest BCUT2D eigenvalue weighted by Gasteiger charge is -2.13. The average Bonchev–Trinajstić information content (AvgIpc) is 3.26. The second-order valence-electron chi connectivity index (χ2n) is 8.13. The fourth-order valence-electron chi connectivity index (χ4n) is 2.80. The Morgan fingerprint density at radius 3 is 2.33 bits per heavy atom. The Balaban J connectivity index is 0.00000385. The van der Waals surface area contributed by atoms with Gasteiger partial charge in [0.25, 0.3) is 0 Å². The summed E-state index contributed by atoms with van der Waals surface area (Å²) in [6.45, 7) is 9.78. The molecule has 0 saturated heterocycles. The van der Waals surface area contributed by atoms with Gasteiger partial charge in [-0.1, -0.05) is 39.0 Å². The first kappa shape index (κ1) is 26.4. The predicted molar refractivity (Wildman–Crippen MR) is 140 cm³/mol. The van der Waals surface area contributed by atoms with E-state index in [-0.39, 0.29) is 29.4 Å². The number of hydrogen-bond acceptors (Lipinski definition) is 6. The van der Waals surface area contributed by atoms with Crippen molar-refractivity contribution < 1.29 is 13.9 Å². The molecule has 3 rings (SSSR count). The van der Waals surface area contributed by atoms with Crippen LogP contribution in [-0.2, 0) is 18.5 Å². The second-order valence-corrected chi connectivity index (χ2v) is 8.13. The standard InChI is InChI=1S/C24H31N5O3.HI/c1-6-30-18-9-7-8-10-19(18)31-21-12-11-17(13-26-21)14-28-23(25-5)29-16-22-27-15-20(32-22)24(2,3)4;/h7-13,15H,6,14,16H2,1-5H3,(H2,25,28,29);1H. The van der Waals surface area contributed by atoms with Crippen LogP contribution in [0, 0.1) is 0 Å². The number of nitrogens with zero attached hydrogens (tertiary/aromatic N) is 3. The molecule has 0 amide bonds. The predicted octanol–water partition coefficient (Wildman–Crippen LogP) is 5.04. The molecular formula is C24H32IN5O3. The molecule has 2 N–H and O–H groups in total. The highest BCUT2D eigenvalue weighted by Crippen LogP contribution is 2.30. The Morgan fingerprint density at radius 2 is 1.73 bits per heavy atom. The lowest BCUT2D eigenvalue weighted by Crippen LogP contribution is -2.36. The number of rotatable bonds is 8. The number of hydrogen-bond donors (Lipinski definition) is 2. The molecule has 0 unspecified atom stereocenters. The fraction of sp³-hybridized carbons (Fsp3) is 0.375. The van der Waals surface area contributed by atoms with Crippen LogP contribution in [0.4, 0.5) is 0 Å². The molecule has 8 nitrogen and oxygen atoms in total. The van der Waals surface area contributed by atoms with Gasteiger partial charge in [-0.15, -0.1) is 24.0 Å². The number of ether oxygens (including phenoxy) is 2. The first-order chi connectivity index (χ1) is 15.4. The van der Waals surface area contributed by atoms with E-state index in [4.69, 9.17) is 13.9 Å². The molecule has 0 fully saturated rings. The zero-order valence-electron chi connectivity index (χ0n) is 19.7. The number of aliphatic imine (C=N–C) groups is 1. The Morgan fingerprint density at radius 1 is 1.00 bits per heavy atom. The van der Waals surface area contributed by atoms with Gasteiger partial charge in [0, 0.05) is 31.3 Å². The van der Waals surface area contributed by atoms with Crippen molar-refractivity contribution in [2.24, 2.45) is 4.99 Å². The third-order valence-corrected chi connectivity index (χ3v) is 4.54. The van der Waals surface area contributed by atoms with E-state index in [2.05, 4.69) is 46.4 Å². The largest absolute Gasteiger partial charge is 0.490 e. The number of oxazole rings is 1. The quantitative estimate of drug-likeness (QED) is 0.225. The maximum absolute atomic E-state index is 5.87. The lowest BCUT2D eigenvalue weighted by atomic mass is 9.94. The molecule has 0 aliphatic rings. The molecule has 0 bridgehead atoms. The van der Waals surface area contributed by atoms with Crippen molar-refractivity contribution in [2.45, 2.75) is 46.2 Å². The van der Waals surface area contributed by atoms with Crippen molar-refractivity contribution >= 4 is 29.9 Å². The monoisotopic (exact) mass is 565 g/mol. The molecule has 1 aromatic carbocycles. The van der Waals surface area contributed by atoms with Gasteiger partial charge in [-0.05, 0) is 24.6 Å². The van der Waals surface area contributed by atoms with Crippen molar-refractivity contribution in [3.63, 3.8) is 0 Å². The minimum atomic E-state index is -0.0703. The topological polar surface area (TPSA) is 93.8 Å². The highest BCUT2D eigenvalue weighted by molar-refractivity contribution is 14.0. The summed E-state index contributed by atoms with van der Waals surface area (Å²) < 4.78 is 17.3. The summed E-state index contributed by atoms with van der Waals surface area (Å²) in [5.41, 5.74) is 0.920. The van der Waals surface area contributed by atoms with Crippen LogP contribution in [0.25, 0.3) is 0 Å². The van der Waals surface area contributed by atoms with Gasteiger partial charge in [0.05, 0.1) is 19.3 Å². The van der Waals surface area contributed by atoms with Gasteiger partial charge in [-0.2, -0.15) is 0 Å². The molecule has 33 heavy (non-hydrogen) atoms. The van der Waals surface area contributed by atoms with Gasteiger partial charge >= 0.3 is 0 Å². The Hall–Kier alpha value is -2.82. The minimum absolute atomic E-state index is 0. The molecule has 0 aliphatic carbocycles.